The van der Waals surface area contributed by atoms with Gasteiger partial charge in [0, 0.05) is 11.8 Å². The fourth-order valence-electron chi connectivity index (χ4n) is 1.51. The van der Waals surface area contributed by atoms with Crippen molar-refractivity contribution in [1.82, 2.24) is 4.98 Å². The molecular weight excluding hydrogens is 231 g/mol. The lowest BCUT2D eigenvalue weighted by atomic mass is 10.0. The molecule has 0 saturated heterocycles. The lowest BCUT2D eigenvalue weighted by molar-refractivity contribution is -0.142. The summed E-state index contributed by atoms with van der Waals surface area (Å²) in [5, 5.41) is 9.60. The number of pyridine rings is 1. The second-order valence-electron chi connectivity index (χ2n) is 3.42. The first-order chi connectivity index (χ1) is 8.00. The Balaban J connectivity index is 2.58. The average Bonchev–Trinajstić information content (AvgIpc) is 2.29. The molecule has 0 unspecified atom stereocenters. The Bertz CT molecular complexity index is 523. The highest BCUT2D eigenvalue weighted by atomic mass is 19.4. The zero-order valence-electron chi connectivity index (χ0n) is 8.57. The molecule has 2 rings (SSSR count). The van der Waals surface area contributed by atoms with E-state index in [1.807, 2.05) is 0 Å². The second kappa shape index (κ2) is 4.08. The summed E-state index contributed by atoms with van der Waals surface area (Å²) in [5.41, 5.74) is -0.635. The largest absolute Gasteiger partial charge is 0.505 e. The lowest BCUT2D eigenvalue weighted by Gasteiger charge is -2.11. The third kappa shape index (κ3) is 2.22. The van der Waals surface area contributed by atoms with Crippen LogP contribution in [-0.4, -0.2) is 10.1 Å². The van der Waals surface area contributed by atoms with Crippen molar-refractivity contribution in [3.63, 3.8) is 0 Å². The molecule has 1 aromatic heterocycles. The van der Waals surface area contributed by atoms with E-state index < -0.39 is 17.6 Å². The summed E-state index contributed by atoms with van der Waals surface area (Å²) in [7, 11) is 0. The molecule has 0 fully saturated rings. The fourth-order valence-corrected chi connectivity index (χ4v) is 1.51. The summed E-state index contributed by atoms with van der Waals surface area (Å²) < 4.78 is 37.6. The SMILES string of the molecule is Oc1c(-c2ccccc2)ccnc1C(F)(F)F. The summed E-state index contributed by atoms with van der Waals surface area (Å²) in [6, 6.07) is 9.70. The van der Waals surface area contributed by atoms with Crippen molar-refractivity contribution in [1.29, 1.82) is 0 Å². The monoisotopic (exact) mass is 239 g/mol. The first kappa shape index (κ1) is 11.4. The number of rotatable bonds is 1. The van der Waals surface area contributed by atoms with Crippen molar-refractivity contribution >= 4 is 0 Å². The van der Waals surface area contributed by atoms with Crippen molar-refractivity contribution in [2.24, 2.45) is 0 Å². The van der Waals surface area contributed by atoms with E-state index in [0.717, 1.165) is 6.20 Å². The summed E-state index contributed by atoms with van der Waals surface area (Å²) in [6.07, 6.45) is -3.63. The normalized spacial score (nSPS) is 11.5. The minimum absolute atomic E-state index is 0.118. The van der Waals surface area contributed by atoms with Crippen molar-refractivity contribution in [2.75, 3.05) is 0 Å². The van der Waals surface area contributed by atoms with Gasteiger partial charge in [-0.05, 0) is 11.6 Å². The van der Waals surface area contributed by atoms with Gasteiger partial charge in [-0.25, -0.2) is 4.98 Å². The van der Waals surface area contributed by atoms with Crippen LogP contribution >= 0.6 is 0 Å². The van der Waals surface area contributed by atoms with Gasteiger partial charge in [0.2, 0.25) is 0 Å². The van der Waals surface area contributed by atoms with Crippen LogP contribution in [0.2, 0.25) is 0 Å². The van der Waals surface area contributed by atoms with Crippen LogP contribution in [0.25, 0.3) is 11.1 Å². The molecule has 2 nitrogen and oxygen atoms in total. The number of alkyl halides is 3. The van der Waals surface area contributed by atoms with E-state index in [-0.39, 0.29) is 5.56 Å². The van der Waals surface area contributed by atoms with E-state index in [4.69, 9.17) is 0 Å². The number of aromatic nitrogens is 1. The van der Waals surface area contributed by atoms with E-state index in [1.165, 1.54) is 6.07 Å². The lowest BCUT2D eigenvalue weighted by Crippen LogP contribution is -2.08. The Labute approximate surface area is 95.4 Å². The molecule has 17 heavy (non-hydrogen) atoms. The topological polar surface area (TPSA) is 33.1 Å². The van der Waals surface area contributed by atoms with Crippen LogP contribution in [0.15, 0.2) is 42.6 Å². The molecule has 1 N–H and O–H groups in total. The maximum absolute atomic E-state index is 12.5. The van der Waals surface area contributed by atoms with Gasteiger partial charge >= 0.3 is 6.18 Å². The van der Waals surface area contributed by atoms with Crippen LogP contribution in [0.4, 0.5) is 13.2 Å². The van der Waals surface area contributed by atoms with Crippen molar-refractivity contribution in [2.45, 2.75) is 6.18 Å². The molecule has 2 aromatic rings. The molecule has 0 aliphatic rings. The maximum Gasteiger partial charge on any atom is 0.437 e. The maximum atomic E-state index is 12.5. The first-order valence-electron chi connectivity index (χ1n) is 4.81. The minimum atomic E-state index is -4.66. The highest BCUT2D eigenvalue weighted by Crippen LogP contribution is 2.39. The summed E-state index contributed by atoms with van der Waals surface area (Å²) >= 11 is 0. The predicted octanol–water partition coefficient (Wildman–Crippen LogP) is 3.47. The van der Waals surface area contributed by atoms with Crippen LogP contribution in [-0.2, 0) is 6.18 Å². The fraction of sp³-hybridized carbons (Fsp3) is 0.0833. The van der Waals surface area contributed by atoms with E-state index in [9.17, 15) is 18.3 Å². The zero-order valence-corrected chi connectivity index (χ0v) is 8.57. The average molecular weight is 239 g/mol. The van der Waals surface area contributed by atoms with Crippen LogP contribution in [0.3, 0.4) is 0 Å². The molecule has 0 aliphatic carbocycles. The Kier molecular flexibility index (Phi) is 2.75. The molecular formula is C12H8F3NO. The van der Waals surface area contributed by atoms with Gasteiger partial charge in [0.05, 0.1) is 0 Å². The van der Waals surface area contributed by atoms with E-state index in [1.54, 1.807) is 30.3 Å². The van der Waals surface area contributed by atoms with Crippen LogP contribution in [0.1, 0.15) is 5.69 Å². The van der Waals surface area contributed by atoms with Gasteiger partial charge in [0.25, 0.3) is 0 Å². The Morgan fingerprint density at radius 3 is 2.24 bits per heavy atom. The van der Waals surface area contributed by atoms with E-state index in [0.29, 0.717) is 5.56 Å². The molecule has 0 radical (unpaired) electrons. The van der Waals surface area contributed by atoms with Gasteiger partial charge in [-0.1, -0.05) is 30.3 Å². The Hall–Kier alpha value is -2.04. The number of hydrogen-bond acceptors (Lipinski definition) is 2. The Morgan fingerprint density at radius 1 is 1.00 bits per heavy atom. The highest BCUT2D eigenvalue weighted by Gasteiger charge is 2.36. The minimum Gasteiger partial charge on any atom is -0.505 e. The molecule has 0 aliphatic heterocycles. The zero-order chi connectivity index (χ0) is 12.5. The molecule has 0 saturated carbocycles. The van der Waals surface area contributed by atoms with Crippen LogP contribution in [0.5, 0.6) is 5.75 Å². The Morgan fingerprint density at radius 2 is 1.65 bits per heavy atom. The van der Waals surface area contributed by atoms with E-state index in [2.05, 4.69) is 4.98 Å². The predicted molar refractivity (Wildman–Crippen MR) is 56.3 cm³/mol. The molecule has 0 spiro atoms. The molecule has 88 valence electrons. The highest BCUT2D eigenvalue weighted by molar-refractivity contribution is 5.70. The summed E-state index contributed by atoms with van der Waals surface area (Å²) in [6.45, 7) is 0. The quantitative estimate of drug-likeness (QED) is 0.826. The molecule has 1 aromatic carbocycles. The smallest absolute Gasteiger partial charge is 0.437 e. The number of hydrogen-bond donors (Lipinski definition) is 1. The first-order valence-corrected chi connectivity index (χ1v) is 4.81. The summed E-state index contributed by atoms with van der Waals surface area (Å²) in [4.78, 5) is 3.16. The van der Waals surface area contributed by atoms with Gasteiger partial charge in [-0.3, -0.25) is 0 Å². The van der Waals surface area contributed by atoms with Gasteiger partial charge < -0.3 is 5.11 Å². The molecule has 0 atom stereocenters. The van der Waals surface area contributed by atoms with Gasteiger partial charge in [0.15, 0.2) is 11.4 Å². The third-order valence-electron chi connectivity index (χ3n) is 2.28. The van der Waals surface area contributed by atoms with Gasteiger partial charge in [-0.15, -0.1) is 0 Å². The summed E-state index contributed by atoms with van der Waals surface area (Å²) in [5.74, 6) is -0.841. The molecule has 5 heteroatoms. The van der Waals surface area contributed by atoms with E-state index >= 15 is 0 Å². The molecule has 1 heterocycles. The van der Waals surface area contributed by atoms with Crippen molar-refractivity contribution in [3.05, 3.63) is 48.3 Å². The number of nitrogens with zero attached hydrogens (tertiary/aromatic N) is 1. The number of aromatic hydroxyl groups is 1. The van der Waals surface area contributed by atoms with Crippen molar-refractivity contribution in [3.8, 4) is 16.9 Å². The van der Waals surface area contributed by atoms with Crippen molar-refractivity contribution < 1.29 is 18.3 Å². The molecule has 0 amide bonds. The number of halogens is 3. The van der Waals surface area contributed by atoms with Gasteiger partial charge in [0.1, 0.15) is 0 Å². The van der Waals surface area contributed by atoms with Crippen LogP contribution < -0.4 is 0 Å². The molecule has 0 bridgehead atoms. The van der Waals surface area contributed by atoms with Crippen LogP contribution in [0, 0.1) is 0 Å². The third-order valence-corrected chi connectivity index (χ3v) is 2.28. The van der Waals surface area contributed by atoms with Gasteiger partial charge in [-0.2, -0.15) is 13.2 Å². The second-order valence-corrected chi connectivity index (χ2v) is 3.42. The number of benzene rings is 1. The standard InChI is InChI=1S/C12H8F3NO/c13-12(14,15)11-10(17)9(6-7-16-11)8-4-2-1-3-5-8/h1-7,17H.